The molecule has 2 heterocycles. The molecule has 0 N–H and O–H groups in total. The molecule has 23 heavy (non-hydrogen) atoms. The van der Waals surface area contributed by atoms with Crippen LogP contribution in [0.25, 0.3) is 0 Å². The van der Waals surface area contributed by atoms with Crippen LogP contribution >= 0.6 is 11.8 Å². The van der Waals surface area contributed by atoms with Crippen molar-refractivity contribution >= 4 is 29.1 Å². The molecule has 6 heteroatoms. The van der Waals surface area contributed by atoms with Crippen LogP contribution in [0.3, 0.4) is 0 Å². The topological polar surface area (TPSA) is 58.2 Å². The number of benzene rings is 1. The standard InChI is InChI=1S/C17H17N3O2S/c1-2-15-16(21)20(12-13-7-4-3-5-8-13)17(23-15)19-18-11-14-9-6-10-22-14/h3-11,15H,2,12H2,1H3/b18-11+,19-17+. The fraction of sp³-hybridized carbons (Fsp3) is 0.235. The first-order valence-electron chi connectivity index (χ1n) is 7.44. The average molecular weight is 327 g/mol. The van der Waals surface area contributed by atoms with E-state index in [1.165, 1.54) is 18.0 Å². The van der Waals surface area contributed by atoms with Gasteiger partial charge in [0.15, 0.2) is 5.17 Å². The van der Waals surface area contributed by atoms with Crippen molar-refractivity contribution in [1.82, 2.24) is 4.90 Å². The van der Waals surface area contributed by atoms with Crippen molar-refractivity contribution < 1.29 is 9.21 Å². The van der Waals surface area contributed by atoms with E-state index < -0.39 is 0 Å². The van der Waals surface area contributed by atoms with Crippen LogP contribution in [-0.4, -0.2) is 27.4 Å². The molecule has 0 bridgehead atoms. The van der Waals surface area contributed by atoms with Gasteiger partial charge < -0.3 is 4.42 Å². The first-order valence-corrected chi connectivity index (χ1v) is 8.32. The molecule has 0 spiro atoms. The lowest BCUT2D eigenvalue weighted by Crippen LogP contribution is -2.31. The third-order valence-corrected chi connectivity index (χ3v) is 4.78. The van der Waals surface area contributed by atoms with E-state index in [4.69, 9.17) is 4.42 Å². The summed E-state index contributed by atoms with van der Waals surface area (Å²) in [6.45, 7) is 2.52. The Kier molecular flexibility index (Phi) is 4.92. The molecule has 1 saturated heterocycles. The highest BCUT2D eigenvalue weighted by Gasteiger charge is 2.36. The second-order valence-electron chi connectivity index (χ2n) is 5.07. The lowest BCUT2D eigenvalue weighted by Gasteiger charge is -2.15. The smallest absolute Gasteiger partial charge is 0.242 e. The zero-order valence-electron chi connectivity index (χ0n) is 12.8. The predicted molar refractivity (Wildman–Crippen MR) is 92.4 cm³/mol. The van der Waals surface area contributed by atoms with Crippen molar-refractivity contribution in [2.24, 2.45) is 10.2 Å². The van der Waals surface area contributed by atoms with Gasteiger partial charge in [-0.15, -0.1) is 5.10 Å². The van der Waals surface area contributed by atoms with E-state index in [0.29, 0.717) is 17.5 Å². The molecule has 1 aliphatic heterocycles. The van der Waals surface area contributed by atoms with Crippen molar-refractivity contribution in [2.75, 3.05) is 0 Å². The van der Waals surface area contributed by atoms with E-state index >= 15 is 0 Å². The normalized spacial score (nSPS) is 20.0. The lowest BCUT2D eigenvalue weighted by molar-refractivity contribution is -0.126. The Hall–Kier alpha value is -2.34. The SMILES string of the molecule is CCC1S/C(=N/N=C/c2ccco2)N(Cc2ccccc2)C1=O. The highest BCUT2D eigenvalue weighted by Crippen LogP contribution is 2.30. The van der Waals surface area contributed by atoms with E-state index in [2.05, 4.69) is 10.2 Å². The Balaban J connectivity index is 1.79. The van der Waals surface area contributed by atoms with Crippen LogP contribution < -0.4 is 0 Å². The zero-order valence-corrected chi connectivity index (χ0v) is 13.6. The fourth-order valence-electron chi connectivity index (χ4n) is 2.26. The van der Waals surface area contributed by atoms with Gasteiger partial charge in [-0.1, -0.05) is 49.0 Å². The summed E-state index contributed by atoms with van der Waals surface area (Å²) in [5.41, 5.74) is 1.07. The maximum Gasteiger partial charge on any atom is 0.242 e. The maximum atomic E-state index is 12.5. The monoisotopic (exact) mass is 327 g/mol. The predicted octanol–water partition coefficient (Wildman–Crippen LogP) is 3.52. The average Bonchev–Trinajstić information content (AvgIpc) is 3.19. The van der Waals surface area contributed by atoms with Crippen LogP contribution in [0.4, 0.5) is 0 Å². The van der Waals surface area contributed by atoms with E-state index in [1.54, 1.807) is 23.3 Å². The number of rotatable bonds is 5. The Labute approximate surface area is 139 Å². The number of thioether (sulfide) groups is 1. The number of hydrogen-bond acceptors (Lipinski definition) is 5. The Morgan fingerprint density at radius 3 is 2.78 bits per heavy atom. The van der Waals surface area contributed by atoms with Crippen LogP contribution in [0, 0.1) is 0 Å². The van der Waals surface area contributed by atoms with Crippen molar-refractivity contribution in [3.63, 3.8) is 0 Å². The molecule has 1 atom stereocenters. The van der Waals surface area contributed by atoms with Gasteiger partial charge in [-0.05, 0) is 24.1 Å². The summed E-state index contributed by atoms with van der Waals surface area (Å²) >= 11 is 1.47. The van der Waals surface area contributed by atoms with Crippen molar-refractivity contribution in [2.45, 2.75) is 25.1 Å². The van der Waals surface area contributed by atoms with Gasteiger partial charge in [0.25, 0.3) is 0 Å². The molecule has 1 aromatic heterocycles. The lowest BCUT2D eigenvalue weighted by atomic mass is 10.2. The van der Waals surface area contributed by atoms with Crippen LogP contribution in [0.1, 0.15) is 24.7 Å². The van der Waals surface area contributed by atoms with Gasteiger partial charge in [-0.25, -0.2) is 0 Å². The minimum atomic E-state index is -0.0868. The van der Waals surface area contributed by atoms with E-state index in [9.17, 15) is 4.79 Å². The summed E-state index contributed by atoms with van der Waals surface area (Å²) in [6, 6.07) is 13.5. The summed E-state index contributed by atoms with van der Waals surface area (Å²) in [6.07, 6.45) is 3.89. The van der Waals surface area contributed by atoms with Crippen LogP contribution in [0.15, 0.2) is 63.3 Å². The van der Waals surface area contributed by atoms with Crippen molar-refractivity contribution in [3.05, 3.63) is 60.1 Å². The molecule has 1 unspecified atom stereocenters. The number of furan rings is 1. The number of hydrogen-bond donors (Lipinski definition) is 0. The largest absolute Gasteiger partial charge is 0.463 e. The van der Waals surface area contributed by atoms with Gasteiger partial charge in [-0.3, -0.25) is 9.69 Å². The number of carbonyl (C=O) groups excluding carboxylic acids is 1. The molecule has 0 aliphatic carbocycles. The van der Waals surface area contributed by atoms with Gasteiger partial charge in [0.2, 0.25) is 5.91 Å². The highest BCUT2D eigenvalue weighted by molar-refractivity contribution is 8.15. The molecular formula is C17H17N3O2S. The first kappa shape index (κ1) is 15.6. The summed E-state index contributed by atoms with van der Waals surface area (Å²) < 4.78 is 5.18. The van der Waals surface area contributed by atoms with E-state index in [0.717, 1.165) is 12.0 Å². The second kappa shape index (κ2) is 7.28. The summed E-state index contributed by atoms with van der Waals surface area (Å²) in [4.78, 5) is 14.2. The van der Waals surface area contributed by atoms with Crippen LogP contribution in [0.5, 0.6) is 0 Å². The molecule has 5 nitrogen and oxygen atoms in total. The van der Waals surface area contributed by atoms with Gasteiger partial charge >= 0.3 is 0 Å². The van der Waals surface area contributed by atoms with E-state index in [-0.39, 0.29) is 11.2 Å². The molecule has 0 saturated carbocycles. The molecule has 2 aromatic rings. The Morgan fingerprint density at radius 1 is 1.26 bits per heavy atom. The molecule has 118 valence electrons. The number of amidine groups is 1. The molecule has 3 rings (SSSR count). The molecule has 1 amide bonds. The quantitative estimate of drug-likeness (QED) is 0.623. The molecule has 1 aromatic carbocycles. The number of carbonyl (C=O) groups is 1. The zero-order chi connectivity index (χ0) is 16.1. The van der Waals surface area contributed by atoms with Gasteiger partial charge in [0.1, 0.15) is 5.76 Å². The van der Waals surface area contributed by atoms with E-state index in [1.807, 2.05) is 37.3 Å². The number of nitrogens with zero attached hydrogens (tertiary/aromatic N) is 3. The minimum absolute atomic E-state index is 0.0868. The minimum Gasteiger partial charge on any atom is -0.463 e. The summed E-state index contributed by atoms with van der Waals surface area (Å²) in [5.74, 6) is 0.721. The molecule has 1 fully saturated rings. The van der Waals surface area contributed by atoms with Gasteiger partial charge in [-0.2, -0.15) is 5.10 Å². The van der Waals surface area contributed by atoms with Crippen LogP contribution in [-0.2, 0) is 11.3 Å². The Morgan fingerprint density at radius 2 is 2.09 bits per heavy atom. The Bertz CT molecular complexity index is 711. The third kappa shape index (κ3) is 3.71. The second-order valence-corrected chi connectivity index (χ2v) is 6.24. The van der Waals surface area contributed by atoms with Gasteiger partial charge in [0.05, 0.1) is 24.3 Å². The first-order chi connectivity index (χ1) is 11.3. The molecule has 0 radical (unpaired) electrons. The van der Waals surface area contributed by atoms with Crippen molar-refractivity contribution in [1.29, 1.82) is 0 Å². The fourth-order valence-corrected chi connectivity index (χ4v) is 3.28. The summed E-state index contributed by atoms with van der Waals surface area (Å²) in [7, 11) is 0. The number of amides is 1. The van der Waals surface area contributed by atoms with Gasteiger partial charge in [0, 0.05) is 0 Å². The maximum absolute atomic E-state index is 12.5. The highest BCUT2D eigenvalue weighted by atomic mass is 32.2. The summed E-state index contributed by atoms with van der Waals surface area (Å²) in [5, 5.41) is 8.81. The molecular weight excluding hydrogens is 310 g/mol. The van der Waals surface area contributed by atoms with Crippen molar-refractivity contribution in [3.8, 4) is 0 Å². The third-order valence-electron chi connectivity index (χ3n) is 3.45. The van der Waals surface area contributed by atoms with Crippen LogP contribution in [0.2, 0.25) is 0 Å². The molecule has 1 aliphatic rings.